The molecule has 5 nitrogen and oxygen atoms in total. The summed E-state index contributed by atoms with van der Waals surface area (Å²) < 4.78 is 12.6. The van der Waals surface area contributed by atoms with Crippen LogP contribution in [0.4, 0.5) is 5.69 Å². The first kappa shape index (κ1) is 13.7. The first-order valence-corrected chi connectivity index (χ1v) is 7.38. The molecule has 0 saturated heterocycles. The number of hydrogen-bond acceptors (Lipinski definition) is 4. The van der Waals surface area contributed by atoms with Crippen molar-refractivity contribution in [3.63, 3.8) is 0 Å². The van der Waals surface area contributed by atoms with Crippen LogP contribution in [0.3, 0.4) is 0 Å². The van der Waals surface area contributed by atoms with Crippen molar-refractivity contribution in [1.82, 2.24) is 4.57 Å². The summed E-state index contributed by atoms with van der Waals surface area (Å²) in [6.07, 6.45) is -0.504. The van der Waals surface area contributed by atoms with E-state index in [1.807, 2.05) is 60.1 Å². The molecule has 0 fully saturated rings. The minimum Gasteiger partial charge on any atom is -0.497 e. The van der Waals surface area contributed by atoms with Crippen LogP contribution < -0.4 is 10.1 Å². The minimum absolute atomic E-state index is 0.306. The molecular formula is C18H16N2O3. The smallest absolute Gasteiger partial charge is 0.357 e. The average molecular weight is 308 g/mol. The molecule has 0 amide bonds. The van der Waals surface area contributed by atoms with Crippen LogP contribution in [0.5, 0.6) is 5.75 Å². The number of carbonyl (C=O) groups excluding carboxylic acids is 1. The molecule has 4 rings (SSSR count). The molecule has 116 valence electrons. The van der Waals surface area contributed by atoms with Crippen LogP contribution in [0.15, 0.2) is 48.5 Å². The third-order valence-corrected chi connectivity index (χ3v) is 4.19. The van der Waals surface area contributed by atoms with E-state index >= 15 is 0 Å². The van der Waals surface area contributed by atoms with Gasteiger partial charge >= 0.3 is 5.97 Å². The lowest BCUT2D eigenvalue weighted by Crippen LogP contribution is -2.11. The van der Waals surface area contributed by atoms with Gasteiger partial charge in [-0.15, -0.1) is 0 Å². The number of carbonyl (C=O) groups is 1. The topological polar surface area (TPSA) is 52.5 Å². The Labute approximate surface area is 133 Å². The van der Waals surface area contributed by atoms with Gasteiger partial charge in [-0.05, 0) is 18.2 Å². The summed E-state index contributed by atoms with van der Waals surface area (Å²) in [4.78, 5) is 12.3. The third kappa shape index (κ3) is 2.04. The summed E-state index contributed by atoms with van der Waals surface area (Å²) in [5, 5.41) is 4.30. The third-order valence-electron chi connectivity index (χ3n) is 4.19. The van der Waals surface area contributed by atoms with Gasteiger partial charge in [-0.3, -0.25) is 0 Å². The number of cyclic esters (lactones) is 1. The maximum atomic E-state index is 12.3. The summed E-state index contributed by atoms with van der Waals surface area (Å²) in [7, 11) is 3.51. The molecule has 1 aliphatic heterocycles. The molecule has 0 aliphatic carbocycles. The average Bonchev–Trinajstić information content (AvgIpc) is 3.05. The summed E-state index contributed by atoms with van der Waals surface area (Å²) >= 11 is 0. The molecule has 0 unspecified atom stereocenters. The van der Waals surface area contributed by atoms with Gasteiger partial charge in [-0.25, -0.2) is 4.79 Å². The fraction of sp³-hybridized carbons (Fsp3) is 0.167. The van der Waals surface area contributed by atoms with E-state index in [4.69, 9.17) is 9.47 Å². The fourth-order valence-corrected chi connectivity index (χ4v) is 3.12. The second kappa shape index (κ2) is 5.05. The zero-order valence-corrected chi connectivity index (χ0v) is 12.9. The van der Waals surface area contributed by atoms with Gasteiger partial charge in [0.1, 0.15) is 11.4 Å². The zero-order valence-electron chi connectivity index (χ0n) is 12.9. The summed E-state index contributed by atoms with van der Waals surface area (Å²) in [5.41, 5.74) is 3.34. The Balaban J connectivity index is 1.79. The molecule has 1 aromatic heterocycles. The Hall–Kier alpha value is -2.95. The number of aryl methyl sites for hydroxylation is 1. The molecule has 0 bridgehead atoms. The van der Waals surface area contributed by atoms with Gasteiger partial charge in [0.25, 0.3) is 0 Å². The number of fused-ring (bicyclic) bond motifs is 3. The number of ether oxygens (including phenoxy) is 2. The summed E-state index contributed by atoms with van der Waals surface area (Å²) in [5.74, 6) is 0.441. The molecule has 23 heavy (non-hydrogen) atoms. The zero-order chi connectivity index (χ0) is 16.0. The normalized spacial score (nSPS) is 16.3. The van der Waals surface area contributed by atoms with Crippen molar-refractivity contribution in [2.45, 2.75) is 6.23 Å². The molecule has 0 radical (unpaired) electrons. The number of benzene rings is 2. The Kier molecular flexibility index (Phi) is 3.01. The molecule has 2 heterocycles. The largest absolute Gasteiger partial charge is 0.497 e. The van der Waals surface area contributed by atoms with Crippen LogP contribution in [-0.2, 0) is 11.8 Å². The number of rotatable bonds is 3. The predicted octanol–water partition coefficient (Wildman–Crippen LogP) is 3.47. The number of anilines is 1. The molecule has 1 N–H and O–H groups in total. The maximum absolute atomic E-state index is 12.3. The van der Waals surface area contributed by atoms with Crippen molar-refractivity contribution in [1.29, 1.82) is 0 Å². The number of para-hydroxylation sites is 1. The SMILES string of the molecule is COc1cccc(N[C@@H]2OC(=O)c3c2c2ccccc2n3C)c1. The van der Waals surface area contributed by atoms with Crippen LogP contribution in [0.2, 0.25) is 0 Å². The van der Waals surface area contributed by atoms with Gasteiger partial charge < -0.3 is 19.4 Å². The minimum atomic E-state index is -0.504. The number of esters is 1. The molecule has 1 aliphatic rings. The van der Waals surface area contributed by atoms with E-state index < -0.39 is 6.23 Å². The number of hydrogen-bond donors (Lipinski definition) is 1. The van der Waals surface area contributed by atoms with Gasteiger partial charge in [-0.1, -0.05) is 24.3 Å². The van der Waals surface area contributed by atoms with E-state index in [0.29, 0.717) is 5.69 Å². The Morgan fingerprint density at radius 2 is 2.00 bits per heavy atom. The Bertz CT molecular complexity index is 914. The number of aromatic nitrogens is 1. The van der Waals surface area contributed by atoms with E-state index in [1.54, 1.807) is 7.11 Å². The lowest BCUT2D eigenvalue weighted by molar-refractivity contribution is 0.0431. The van der Waals surface area contributed by atoms with Crippen LogP contribution >= 0.6 is 0 Å². The van der Waals surface area contributed by atoms with Crippen LogP contribution in [-0.4, -0.2) is 17.6 Å². The van der Waals surface area contributed by atoms with Crippen molar-refractivity contribution >= 4 is 22.6 Å². The lowest BCUT2D eigenvalue weighted by Gasteiger charge is -2.15. The first-order valence-electron chi connectivity index (χ1n) is 7.38. The quantitative estimate of drug-likeness (QED) is 0.753. The molecular weight excluding hydrogens is 292 g/mol. The van der Waals surface area contributed by atoms with Crippen LogP contribution in [0, 0.1) is 0 Å². The second-order valence-corrected chi connectivity index (χ2v) is 5.50. The lowest BCUT2D eigenvalue weighted by atomic mass is 10.1. The number of nitrogens with zero attached hydrogens (tertiary/aromatic N) is 1. The van der Waals surface area contributed by atoms with E-state index in [1.165, 1.54) is 0 Å². The molecule has 0 spiro atoms. The van der Waals surface area contributed by atoms with Crippen molar-refractivity contribution in [2.75, 3.05) is 12.4 Å². The van der Waals surface area contributed by atoms with Gasteiger partial charge in [0, 0.05) is 29.7 Å². The predicted molar refractivity (Wildman–Crippen MR) is 87.7 cm³/mol. The van der Waals surface area contributed by atoms with Gasteiger partial charge in [0.15, 0.2) is 0 Å². The number of nitrogens with one attached hydrogen (secondary N) is 1. The highest BCUT2D eigenvalue weighted by Crippen LogP contribution is 2.38. The van der Waals surface area contributed by atoms with Crippen molar-refractivity contribution < 1.29 is 14.3 Å². The Morgan fingerprint density at radius 1 is 1.17 bits per heavy atom. The van der Waals surface area contributed by atoms with Crippen molar-refractivity contribution in [2.24, 2.45) is 7.05 Å². The highest BCUT2D eigenvalue weighted by atomic mass is 16.6. The second-order valence-electron chi connectivity index (χ2n) is 5.50. The summed E-state index contributed by atoms with van der Waals surface area (Å²) in [6, 6.07) is 15.5. The molecule has 5 heteroatoms. The number of methoxy groups -OCH3 is 1. The van der Waals surface area contributed by atoms with E-state index in [-0.39, 0.29) is 5.97 Å². The molecule has 0 saturated carbocycles. The van der Waals surface area contributed by atoms with Crippen LogP contribution in [0.1, 0.15) is 22.3 Å². The van der Waals surface area contributed by atoms with E-state index in [9.17, 15) is 4.79 Å². The first-order chi connectivity index (χ1) is 11.2. The molecule has 1 atom stereocenters. The summed E-state index contributed by atoms with van der Waals surface area (Å²) in [6.45, 7) is 0. The van der Waals surface area contributed by atoms with Gasteiger partial charge in [-0.2, -0.15) is 0 Å². The highest BCUT2D eigenvalue weighted by molar-refractivity contribution is 6.02. The van der Waals surface area contributed by atoms with Crippen molar-refractivity contribution in [3.8, 4) is 5.75 Å². The molecule has 3 aromatic rings. The van der Waals surface area contributed by atoms with Crippen LogP contribution in [0.25, 0.3) is 10.9 Å². The highest BCUT2D eigenvalue weighted by Gasteiger charge is 2.36. The van der Waals surface area contributed by atoms with Gasteiger partial charge in [0.2, 0.25) is 6.23 Å². The maximum Gasteiger partial charge on any atom is 0.357 e. The van der Waals surface area contributed by atoms with E-state index in [2.05, 4.69) is 5.32 Å². The van der Waals surface area contributed by atoms with Gasteiger partial charge in [0.05, 0.1) is 12.7 Å². The fourth-order valence-electron chi connectivity index (χ4n) is 3.12. The van der Waals surface area contributed by atoms with E-state index in [0.717, 1.165) is 27.9 Å². The Morgan fingerprint density at radius 3 is 2.83 bits per heavy atom. The standard InChI is InChI=1S/C18H16N2O3/c1-20-14-9-4-3-8-13(14)15-16(20)18(21)23-17(15)19-11-6-5-7-12(10-11)22-2/h3-10,17,19H,1-2H3/t17-/m1/s1. The monoisotopic (exact) mass is 308 g/mol. The van der Waals surface area contributed by atoms with Crippen molar-refractivity contribution in [3.05, 3.63) is 59.8 Å². The molecule has 2 aromatic carbocycles.